The van der Waals surface area contributed by atoms with Crippen molar-refractivity contribution < 1.29 is 13.2 Å². The maximum Gasteiger partial charge on any atom is 0.244 e. The molecule has 27 heavy (non-hydrogen) atoms. The van der Waals surface area contributed by atoms with Crippen LogP contribution in [0.4, 0.5) is 0 Å². The van der Waals surface area contributed by atoms with Crippen LogP contribution in [0.1, 0.15) is 34.8 Å². The van der Waals surface area contributed by atoms with E-state index >= 15 is 0 Å². The van der Waals surface area contributed by atoms with E-state index in [4.69, 9.17) is 4.74 Å². The molecule has 0 radical (unpaired) electrons. The predicted molar refractivity (Wildman–Crippen MR) is 110 cm³/mol. The molecule has 148 valence electrons. The zero-order chi connectivity index (χ0) is 19.4. The average Bonchev–Trinajstić information content (AvgIpc) is 3.18. The lowest BCUT2D eigenvalue weighted by Crippen LogP contribution is -2.39. The molecule has 2 heterocycles. The summed E-state index contributed by atoms with van der Waals surface area (Å²) in [7, 11) is -2.09. The van der Waals surface area contributed by atoms with Gasteiger partial charge >= 0.3 is 0 Å². The minimum absolute atomic E-state index is 0.213. The minimum Gasteiger partial charge on any atom is -0.495 e. The Balaban J connectivity index is 1.54. The number of piperidine rings is 1. The Labute approximate surface area is 166 Å². The number of likely N-dealkylation sites (tertiary alicyclic amines) is 1. The third-order valence-corrected chi connectivity index (χ3v) is 7.84. The summed E-state index contributed by atoms with van der Waals surface area (Å²) in [6.07, 6.45) is 2.27. The Morgan fingerprint density at radius 1 is 1.22 bits per heavy atom. The van der Waals surface area contributed by atoms with E-state index in [1.54, 1.807) is 12.1 Å². The number of hydrogen-bond acceptors (Lipinski definition) is 5. The van der Waals surface area contributed by atoms with Gasteiger partial charge in [-0.2, -0.15) is 0 Å². The summed E-state index contributed by atoms with van der Waals surface area (Å²) >= 11 is 1.83. The van der Waals surface area contributed by atoms with Crippen LogP contribution in [0.3, 0.4) is 0 Å². The second-order valence-corrected chi connectivity index (χ2v) is 9.83. The molecule has 1 aromatic heterocycles. The van der Waals surface area contributed by atoms with Gasteiger partial charge in [0.05, 0.1) is 7.11 Å². The first kappa shape index (κ1) is 20.3. The first-order valence-corrected chi connectivity index (χ1v) is 11.7. The predicted octanol–water partition coefficient (Wildman–Crippen LogP) is 3.53. The molecule has 3 rings (SSSR count). The van der Waals surface area contributed by atoms with Gasteiger partial charge in [0.25, 0.3) is 0 Å². The SMILES string of the molecule is COc1cc(C)c(C)cc1S(=O)(=O)NCCN1CCC(c2cccs2)CC1. The van der Waals surface area contributed by atoms with Crippen LogP contribution in [0.15, 0.2) is 34.5 Å². The van der Waals surface area contributed by atoms with E-state index in [0.29, 0.717) is 18.2 Å². The first-order valence-electron chi connectivity index (χ1n) is 9.31. The highest BCUT2D eigenvalue weighted by atomic mass is 32.2. The van der Waals surface area contributed by atoms with Crippen LogP contribution in [0.5, 0.6) is 5.75 Å². The van der Waals surface area contributed by atoms with Gasteiger partial charge < -0.3 is 9.64 Å². The third-order valence-electron chi connectivity index (χ3n) is 5.32. The second-order valence-electron chi connectivity index (χ2n) is 7.12. The smallest absolute Gasteiger partial charge is 0.244 e. The van der Waals surface area contributed by atoms with Gasteiger partial charge in [0, 0.05) is 18.0 Å². The Morgan fingerprint density at radius 3 is 2.56 bits per heavy atom. The van der Waals surface area contributed by atoms with Gasteiger partial charge in [-0.05, 0) is 80.4 Å². The molecule has 2 aromatic rings. The van der Waals surface area contributed by atoms with Crippen molar-refractivity contribution in [3.8, 4) is 5.75 Å². The summed E-state index contributed by atoms with van der Waals surface area (Å²) in [4.78, 5) is 4.02. The van der Waals surface area contributed by atoms with E-state index < -0.39 is 10.0 Å². The Bertz CT molecular complexity index is 856. The molecule has 0 spiro atoms. The van der Waals surface area contributed by atoms with Gasteiger partial charge in [0.15, 0.2) is 0 Å². The highest BCUT2D eigenvalue weighted by molar-refractivity contribution is 7.89. The molecule has 1 aliphatic rings. The number of aryl methyl sites for hydroxylation is 2. The molecule has 0 atom stereocenters. The number of benzene rings is 1. The number of ether oxygens (including phenoxy) is 1. The van der Waals surface area contributed by atoms with E-state index in [1.165, 1.54) is 12.0 Å². The second kappa shape index (κ2) is 8.73. The lowest BCUT2D eigenvalue weighted by Gasteiger charge is -2.31. The van der Waals surface area contributed by atoms with Crippen molar-refractivity contribution in [2.45, 2.75) is 37.5 Å². The number of thiophene rings is 1. The zero-order valence-electron chi connectivity index (χ0n) is 16.2. The lowest BCUT2D eigenvalue weighted by molar-refractivity contribution is 0.217. The normalized spacial score (nSPS) is 16.6. The molecule has 0 unspecified atom stereocenters. The highest BCUT2D eigenvalue weighted by Gasteiger charge is 2.23. The molecule has 1 N–H and O–H groups in total. The van der Waals surface area contributed by atoms with Crippen LogP contribution in [0, 0.1) is 13.8 Å². The van der Waals surface area contributed by atoms with E-state index in [9.17, 15) is 8.42 Å². The highest BCUT2D eigenvalue weighted by Crippen LogP contribution is 2.31. The van der Waals surface area contributed by atoms with Crippen LogP contribution in [0.25, 0.3) is 0 Å². The molecule has 1 aromatic carbocycles. The first-order chi connectivity index (χ1) is 12.9. The van der Waals surface area contributed by atoms with Crippen LogP contribution in [-0.2, 0) is 10.0 Å². The van der Waals surface area contributed by atoms with Crippen molar-refractivity contribution in [2.24, 2.45) is 0 Å². The summed E-state index contributed by atoms with van der Waals surface area (Å²) in [6.45, 7) is 7.01. The van der Waals surface area contributed by atoms with E-state index in [2.05, 4.69) is 27.1 Å². The van der Waals surface area contributed by atoms with Gasteiger partial charge in [0.1, 0.15) is 10.6 Å². The maximum atomic E-state index is 12.7. The fourth-order valence-corrected chi connectivity index (χ4v) is 5.67. The van der Waals surface area contributed by atoms with Crippen molar-refractivity contribution in [3.05, 3.63) is 45.6 Å². The van der Waals surface area contributed by atoms with Crippen molar-refractivity contribution in [1.29, 1.82) is 0 Å². The quantitative estimate of drug-likeness (QED) is 0.761. The minimum atomic E-state index is -3.59. The van der Waals surface area contributed by atoms with Crippen LogP contribution >= 0.6 is 11.3 Å². The Morgan fingerprint density at radius 2 is 1.93 bits per heavy atom. The number of methoxy groups -OCH3 is 1. The average molecular weight is 409 g/mol. The number of rotatable bonds is 7. The largest absolute Gasteiger partial charge is 0.495 e. The van der Waals surface area contributed by atoms with Crippen LogP contribution < -0.4 is 9.46 Å². The molecular weight excluding hydrogens is 380 g/mol. The summed E-state index contributed by atoms with van der Waals surface area (Å²) in [5, 5.41) is 2.14. The van der Waals surface area contributed by atoms with Crippen molar-refractivity contribution in [3.63, 3.8) is 0 Å². The summed E-state index contributed by atoms with van der Waals surface area (Å²) in [6, 6.07) is 7.79. The van der Waals surface area contributed by atoms with Gasteiger partial charge in [-0.15, -0.1) is 11.3 Å². The molecule has 1 fully saturated rings. The van der Waals surface area contributed by atoms with E-state index in [0.717, 1.165) is 43.6 Å². The van der Waals surface area contributed by atoms with Gasteiger partial charge in [-0.3, -0.25) is 0 Å². The van der Waals surface area contributed by atoms with Crippen molar-refractivity contribution in [1.82, 2.24) is 9.62 Å². The van der Waals surface area contributed by atoms with Crippen molar-refractivity contribution >= 4 is 21.4 Å². The van der Waals surface area contributed by atoms with E-state index in [1.807, 2.05) is 25.2 Å². The van der Waals surface area contributed by atoms with Gasteiger partial charge in [-0.1, -0.05) is 6.07 Å². The topological polar surface area (TPSA) is 58.6 Å². The molecule has 1 aliphatic heterocycles. The van der Waals surface area contributed by atoms with Crippen LogP contribution in [-0.4, -0.2) is 46.6 Å². The van der Waals surface area contributed by atoms with Gasteiger partial charge in [0.2, 0.25) is 10.0 Å². The molecular formula is C20H28N2O3S2. The summed E-state index contributed by atoms with van der Waals surface area (Å²) in [5.41, 5.74) is 1.95. The molecule has 7 heteroatoms. The van der Waals surface area contributed by atoms with Crippen molar-refractivity contribution in [2.75, 3.05) is 33.3 Å². The maximum absolute atomic E-state index is 12.7. The molecule has 5 nitrogen and oxygen atoms in total. The summed E-state index contributed by atoms with van der Waals surface area (Å²) < 4.78 is 33.5. The molecule has 0 aliphatic carbocycles. The fourth-order valence-electron chi connectivity index (χ4n) is 3.51. The van der Waals surface area contributed by atoms with Crippen LogP contribution in [0.2, 0.25) is 0 Å². The molecule has 0 amide bonds. The van der Waals surface area contributed by atoms with E-state index in [-0.39, 0.29) is 4.90 Å². The van der Waals surface area contributed by atoms with Gasteiger partial charge in [-0.25, -0.2) is 13.1 Å². The number of nitrogens with zero attached hydrogens (tertiary/aromatic N) is 1. The zero-order valence-corrected chi connectivity index (χ0v) is 17.8. The lowest BCUT2D eigenvalue weighted by atomic mass is 9.95. The molecule has 0 saturated carbocycles. The third kappa shape index (κ3) is 4.90. The number of sulfonamides is 1. The Kier molecular flexibility index (Phi) is 6.57. The molecule has 0 bridgehead atoms. The Hall–Kier alpha value is -1.41. The molecule has 1 saturated heterocycles. The number of nitrogens with one attached hydrogen (secondary N) is 1. The monoisotopic (exact) mass is 408 g/mol. The number of hydrogen-bond donors (Lipinski definition) is 1. The standard InChI is InChI=1S/C20H28N2O3S2/c1-15-13-18(25-3)20(14-16(15)2)27(23,24)21-8-11-22-9-6-17(7-10-22)19-5-4-12-26-19/h4-5,12-14,17,21H,6-11H2,1-3H3. The summed E-state index contributed by atoms with van der Waals surface area (Å²) in [5.74, 6) is 1.04. The fraction of sp³-hybridized carbons (Fsp3) is 0.500.